The minimum absolute atomic E-state index is 0.195. The molecule has 1 aromatic rings. The summed E-state index contributed by atoms with van der Waals surface area (Å²) in [5, 5.41) is 0. The molecule has 1 atom stereocenters. The van der Waals surface area contributed by atoms with Gasteiger partial charge < -0.3 is 9.64 Å². The third-order valence-electron chi connectivity index (χ3n) is 4.47. The molecule has 1 saturated heterocycles. The van der Waals surface area contributed by atoms with E-state index in [-0.39, 0.29) is 10.8 Å². The molecule has 1 fully saturated rings. The topological polar surface area (TPSA) is 12.5 Å². The van der Waals surface area contributed by atoms with Crippen LogP contribution in [0.25, 0.3) is 0 Å². The molecular weight excluding hydrogens is 222 g/mol. The van der Waals surface area contributed by atoms with Gasteiger partial charge >= 0.3 is 0 Å². The second kappa shape index (κ2) is 3.74. The van der Waals surface area contributed by atoms with Gasteiger partial charge in [-0.2, -0.15) is 0 Å². The lowest BCUT2D eigenvalue weighted by Crippen LogP contribution is -2.31. The summed E-state index contributed by atoms with van der Waals surface area (Å²) in [5.74, 6) is 1.12. The summed E-state index contributed by atoms with van der Waals surface area (Å²) >= 11 is 0. The third kappa shape index (κ3) is 1.74. The molecule has 0 amide bonds. The molecule has 0 aromatic heterocycles. The van der Waals surface area contributed by atoms with E-state index in [1.54, 1.807) is 0 Å². The Hall–Kier alpha value is -1.02. The maximum Gasteiger partial charge on any atom is 0.123 e. The highest BCUT2D eigenvalue weighted by molar-refractivity contribution is 5.48. The van der Waals surface area contributed by atoms with Crippen molar-refractivity contribution in [2.24, 2.45) is 0 Å². The fraction of sp³-hybridized carbons (Fsp3) is 0.625. The van der Waals surface area contributed by atoms with Gasteiger partial charge in [0, 0.05) is 17.5 Å². The molecule has 2 aliphatic rings. The van der Waals surface area contributed by atoms with Crippen LogP contribution in [0.15, 0.2) is 18.2 Å². The molecule has 1 aromatic carbocycles. The second-order valence-electron chi connectivity index (χ2n) is 7.02. The maximum atomic E-state index is 5.99. The van der Waals surface area contributed by atoms with E-state index in [1.165, 1.54) is 24.1 Å². The van der Waals surface area contributed by atoms with E-state index < -0.39 is 0 Å². The fourth-order valence-corrected chi connectivity index (χ4v) is 3.26. The normalized spacial score (nSPS) is 27.6. The number of ether oxygens (including phenoxy) is 1. The summed E-state index contributed by atoms with van der Waals surface area (Å²) in [6.07, 6.45) is 1.23. The summed E-state index contributed by atoms with van der Waals surface area (Å²) < 4.78 is 5.99. The monoisotopic (exact) mass is 245 g/mol. The van der Waals surface area contributed by atoms with Crippen LogP contribution in [-0.2, 0) is 10.8 Å². The van der Waals surface area contributed by atoms with Gasteiger partial charge in [-0.3, -0.25) is 0 Å². The predicted octanol–water partition coefficient (Wildman–Crippen LogP) is 2.95. The van der Waals surface area contributed by atoms with Gasteiger partial charge in [0.2, 0.25) is 0 Å². The molecule has 0 bridgehead atoms. The lowest BCUT2D eigenvalue weighted by Gasteiger charge is -2.23. The number of fused-ring (bicyclic) bond motifs is 2. The minimum atomic E-state index is 0.195. The average molecular weight is 245 g/mol. The van der Waals surface area contributed by atoms with Crippen molar-refractivity contribution in [3.05, 3.63) is 29.3 Å². The van der Waals surface area contributed by atoms with Gasteiger partial charge in [-0.1, -0.05) is 32.9 Å². The van der Waals surface area contributed by atoms with E-state index in [9.17, 15) is 0 Å². The Labute approximate surface area is 110 Å². The molecular formula is C16H23NO. The van der Waals surface area contributed by atoms with E-state index in [0.29, 0.717) is 0 Å². The van der Waals surface area contributed by atoms with Gasteiger partial charge in [0.15, 0.2) is 0 Å². The van der Waals surface area contributed by atoms with Crippen LogP contribution in [-0.4, -0.2) is 31.6 Å². The predicted molar refractivity (Wildman–Crippen MR) is 74.4 cm³/mol. The Kier molecular flexibility index (Phi) is 2.50. The quantitative estimate of drug-likeness (QED) is 0.697. The van der Waals surface area contributed by atoms with Crippen LogP contribution in [0.1, 0.15) is 38.3 Å². The average Bonchev–Trinajstić information content (AvgIpc) is 2.84. The molecule has 18 heavy (non-hydrogen) atoms. The third-order valence-corrected chi connectivity index (χ3v) is 4.47. The van der Waals surface area contributed by atoms with Crippen molar-refractivity contribution in [1.82, 2.24) is 4.90 Å². The minimum Gasteiger partial charge on any atom is -0.492 e. The Balaban J connectivity index is 2.00. The van der Waals surface area contributed by atoms with Gasteiger partial charge in [-0.05, 0) is 37.1 Å². The number of hydrogen-bond acceptors (Lipinski definition) is 2. The van der Waals surface area contributed by atoms with Crippen molar-refractivity contribution < 1.29 is 4.74 Å². The van der Waals surface area contributed by atoms with Crippen molar-refractivity contribution in [3.63, 3.8) is 0 Å². The smallest absolute Gasteiger partial charge is 0.123 e. The highest BCUT2D eigenvalue weighted by atomic mass is 16.5. The summed E-state index contributed by atoms with van der Waals surface area (Å²) in [4.78, 5) is 2.41. The first kappa shape index (κ1) is 12.0. The summed E-state index contributed by atoms with van der Waals surface area (Å²) in [6, 6.07) is 6.85. The molecule has 2 heteroatoms. The van der Waals surface area contributed by atoms with Gasteiger partial charge in [0.05, 0.1) is 6.61 Å². The largest absolute Gasteiger partial charge is 0.492 e. The Bertz CT molecular complexity index is 474. The zero-order valence-corrected chi connectivity index (χ0v) is 11.9. The van der Waals surface area contributed by atoms with Gasteiger partial charge in [0.1, 0.15) is 5.75 Å². The van der Waals surface area contributed by atoms with Crippen LogP contribution in [0.5, 0.6) is 5.75 Å². The van der Waals surface area contributed by atoms with E-state index in [2.05, 4.69) is 50.9 Å². The molecule has 0 aliphatic carbocycles. The van der Waals surface area contributed by atoms with E-state index in [0.717, 1.165) is 18.9 Å². The van der Waals surface area contributed by atoms with Crippen LogP contribution < -0.4 is 4.74 Å². The van der Waals surface area contributed by atoms with Crippen molar-refractivity contribution in [1.29, 1.82) is 0 Å². The molecule has 0 radical (unpaired) electrons. The lowest BCUT2D eigenvalue weighted by molar-refractivity contribution is 0.262. The number of benzene rings is 1. The maximum absolute atomic E-state index is 5.99. The van der Waals surface area contributed by atoms with Crippen LogP contribution in [0, 0.1) is 0 Å². The molecule has 98 valence electrons. The van der Waals surface area contributed by atoms with Gasteiger partial charge in [0.25, 0.3) is 0 Å². The van der Waals surface area contributed by atoms with Crippen molar-refractivity contribution in [2.45, 2.75) is 38.0 Å². The van der Waals surface area contributed by atoms with Crippen molar-refractivity contribution in [3.8, 4) is 5.75 Å². The number of rotatable bonds is 0. The molecule has 0 N–H and O–H groups in total. The number of likely N-dealkylation sites (tertiary alicyclic amines) is 1. The summed E-state index contributed by atoms with van der Waals surface area (Å²) in [6.45, 7) is 9.94. The molecule has 2 heterocycles. The van der Waals surface area contributed by atoms with E-state index in [4.69, 9.17) is 4.74 Å². The number of nitrogens with zero attached hydrogens (tertiary/aromatic N) is 1. The Morgan fingerprint density at radius 3 is 2.67 bits per heavy atom. The van der Waals surface area contributed by atoms with Crippen LogP contribution in [0.4, 0.5) is 0 Å². The number of likely N-dealkylation sites (N-methyl/N-ethyl adjacent to an activating group) is 1. The SMILES string of the molecule is CN1CCC2(COc3cc(C(C)(C)C)ccc32)C1. The molecule has 2 nitrogen and oxygen atoms in total. The molecule has 3 rings (SSSR count). The summed E-state index contributed by atoms with van der Waals surface area (Å²) in [5.41, 5.74) is 3.26. The number of hydrogen-bond donors (Lipinski definition) is 0. The van der Waals surface area contributed by atoms with Crippen molar-refractivity contribution >= 4 is 0 Å². The molecule has 1 spiro atoms. The highest BCUT2D eigenvalue weighted by Gasteiger charge is 2.45. The Morgan fingerprint density at radius 2 is 2.06 bits per heavy atom. The second-order valence-corrected chi connectivity index (χ2v) is 7.02. The molecule has 1 unspecified atom stereocenters. The van der Waals surface area contributed by atoms with Crippen LogP contribution in [0.3, 0.4) is 0 Å². The highest BCUT2D eigenvalue weighted by Crippen LogP contribution is 2.45. The first-order valence-electron chi connectivity index (χ1n) is 6.87. The first-order valence-corrected chi connectivity index (χ1v) is 6.87. The van der Waals surface area contributed by atoms with Crippen LogP contribution in [0.2, 0.25) is 0 Å². The summed E-state index contributed by atoms with van der Waals surface area (Å²) in [7, 11) is 2.20. The molecule has 0 saturated carbocycles. The fourth-order valence-electron chi connectivity index (χ4n) is 3.26. The zero-order valence-electron chi connectivity index (χ0n) is 11.9. The Morgan fingerprint density at radius 1 is 1.28 bits per heavy atom. The molecule has 2 aliphatic heterocycles. The zero-order chi connectivity index (χ0) is 13.0. The van der Waals surface area contributed by atoms with E-state index in [1.807, 2.05) is 0 Å². The van der Waals surface area contributed by atoms with Crippen LogP contribution >= 0.6 is 0 Å². The standard InChI is InChI=1S/C16H23NO/c1-15(2,3)12-5-6-13-14(9-12)18-11-16(13)7-8-17(4)10-16/h5-6,9H,7-8,10-11H2,1-4H3. The van der Waals surface area contributed by atoms with Gasteiger partial charge in [-0.25, -0.2) is 0 Å². The first-order chi connectivity index (χ1) is 8.41. The lowest BCUT2D eigenvalue weighted by atomic mass is 9.79. The van der Waals surface area contributed by atoms with Crippen molar-refractivity contribution in [2.75, 3.05) is 26.7 Å². The van der Waals surface area contributed by atoms with E-state index >= 15 is 0 Å². The van der Waals surface area contributed by atoms with Gasteiger partial charge in [-0.15, -0.1) is 0 Å².